The van der Waals surface area contributed by atoms with E-state index in [1.165, 1.54) is 37.0 Å². The van der Waals surface area contributed by atoms with Gasteiger partial charge in [-0.2, -0.15) is 0 Å². The summed E-state index contributed by atoms with van der Waals surface area (Å²) >= 11 is 1.83. The fourth-order valence-corrected chi connectivity index (χ4v) is 4.06. The van der Waals surface area contributed by atoms with Crippen LogP contribution in [0.4, 0.5) is 0 Å². The molecule has 1 aliphatic rings. The monoisotopic (exact) mass is 296 g/mol. The summed E-state index contributed by atoms with van der Waals surface area (Å²) in [7, 11) is 0. The van der Waals surface area contributed by atoms with Crippen molar-refractivity contribution in [1.29, 1.82) is 0 Å². The van der Waals surface area contributed by atoms with Gasteiger partial charge in [-0.15, -0.1) is 11.3 Å². The molecule has 0 radical (unpaired) electrons. The summed E-state index contributed by atoms with van der Waals surface area (Å²) in [5.41, 5.74) is 3.03. The van der Waals surface area contributed by atoms with Crippen LogP contribution >= 0.6 is 11.3 Å². The molecule has 1 aromatic heterocycles. The molecule has 0 aromatic carbocycles. The standard InChI is InChI=1S/C16H28N2OS/c1-2-19-16(13-7-4-3-5-8-13)15(18-17)11-10-14-9-6-12-20-14/h6,9,12-13,15-16,18H,2-5,7-8,10-11,17H2,1H3. The molecule has 114 valence electrons. The number of rotatable bonds is 8. The summed E-state index contributed by atoms with van der Waals surface area (Å²) in [6.45, 7) is 2.86. The molecule has 20 heavy (non-hydrogen) atoms. The highest BCUT2D eigenvalue weighted by Gasteiger charge is 2.30. The van der Waals surface area contributed by atoms with Crippen molar-refractivity contribution >= 4 is 11.3 Å². The van der Waals surface area contributed by atoms with Crippen molar-refractivity contribution < 1.29 is 4.74 Å². The Bertz CT molecular complexity index is 349. The van der Waals surface area contributed by atoms with Gasteiger partial charge in [0.2, 0.25) is 0 Å². The lowest BCUT2D eigenvalue weighted by Gasteiger charge is -2.35. The highest BCUT2D eigenvalue weighted by atomic mass is 32.1. The molecule has 0 bridgehead atoms. The normalized spacial score (nSPS) is 19.9. The van der Waals surface area contributed by atoms with Crippen LogP contribution in [0.1, 0.15) is 50.3 Å². The predicted octanol–water partition coefficient (Wildman–Crippen LogP) is 3.50. The smallest absolute Gasteiger partial charge is 0.0769 e. The minimum atomic E-state index is 0.264. The van der Waals surface area contributed by atoms with Crippen LogP contribution in [0.2, 0.25) is 0 Å². The minimum Gasteiger partial charge on any atom is -0.377 e. The maximum Gasteiger partial charge on any atom is 0.0769 e. The molecule has 2 rings (SSSR count). The molecular weight excluding hydrogens is 268 g/mol. The van der Waals surface area contributed by atoms with E-state index >= 15 is 0 Å². The van der Waals surface area contributed by atoms with Gasteiger partial charge >= 0.3 is 0 Å². The highest BCUT2D eigenvalue weighted by molar-refractivity contribution is 7.09. The number of hydrogen-bond acceptors (Lipinski definition) is 4. The zero-order valence-electron chi connectivity index (χ0n) is 12.5. The third kappa shape index (κ3) is 4.55. The Morgan fingerprint density at radius 3 is 2.80 bits per heavy atom. The van der Waals surface area contributed by atoms with Crippen molar-refractivity contribution in [1.82, 2.24) is 5.43 Å². The first-order valence-electron chi connectivity index (χ1n) is 7.95. The van der Waals surface area contributed by atoms with Gasteiger partial charge in [0, 0.05) is 17.5 Å². The fourth-order valence-electron chi connectivity index (χ4n) is 3.33. The molecule has 1 saturated carbocycles. The summed E-state index contributed by atoms with van der Waals surface area (Å²) in [4.78, 5) is 1.43. The number of ether oxygens (including phenoxy) is 1. The van der Waals surface area contributed by atoms with E-state index in [0.717, 1.165) is 19.4 Å². The van der Waals surface area contributed by atoms with Crippen molar-refractivity contribution in [2.75, 3.05) is 6.61 Å². The van der Waals surface area contributed by atoms with Gasteiger partial charge in [0.25, 0.3) is 0 Å². The SMILES string of the molecule is CCOC(C1CCCCC1)C(CCc1cccs1)NN. The molecule has 1 fully saturated rings. The largest absolute Gasteiger partial charge is 0.377 e. The average Bonchev–Trinajstić information content (AvgIpc) is 3.01. The Hall–Kier alpha value is -0.420. The lowest BCUT2D eigenvalue weighted by molar-refractivity contribution is -0.0192. The van der Waals surface area contributed by atoms with Gasteiger partial charge < -0.3 is 4.74 Å². The van der Waals surface area contributed by atoms with Crippen molar-refractivity contribution in [2.24, 2.45) is 11.8 Å². The van der Waals surface area contributed by atoms with Gasteiger partial charge in [0.15, 0.2) is 0 Å². The summed E-state index contributed by atoms with van der Waals surface area (Å²) in [6, 6.07) is 4.58. The van der Waals surface area contributed by atoms with Crippen LogP contribution in [0.3, 0.4) is 0 Å². The Balaban J connectivity index is 1.92. The van der Waals surface area contributed by atoms with Gasteiger partial charge in [-0.3, -0.25) is 11.3 Å². The van der Waals surface area contributed by atoms with Crippen molar-refractivity contribution in [3.05, 3.63) is 22.4 Å². The summed E-state index contributed by atoms with van der Waals surface area (Å²) in [6.07, 6.45) is 9.06. The first-order valence-corrected chi connectivity index (χ1v) is 8.83. The van der Waals surface area contributed by atoms with Crippen LogP contribution in [-0.4, -0.2) is 18.8 Å². The third-order valence-electron chi connectivity index (χ3n) is 4.37. The maximum absolute atomic E-state index is 6.07. The topological polar surface area (TPSA) is 47.3 Å². The molecule has 0 saturated heterocycles. The molecule has 1 aromatic rings. The lowest BCUT2D eigenvalue weighted by atomic mass is 9.81. The second kappa shape index (κ2) is 8.78. The van der Waals surface area contributed by atoms with Gasteiger partial charge in [-0.1, -0.05) is 25.3 Å². The van der Waals surface area contributed by atoms with E-state index < -0.39 is 0 Å². The number of hydrogen-bond donors (Lipinski definition) is 2. The molecule has 2 atom stereocenters. The van der Waals surface area contributed by atoms with Crippen LogP contribution in [0.15, 0.2) is 17.5 Å². The molecule has 2 unspecified atom stereocenters. The predicted molar refractivity (Wildman–Crippen MR) is 85.7 cm³/mol. The molecule has 0 spiro atoms. The van der Waals surface area contributed by atoms with E-state index in [4.69, 9.17) is 10.6 Å². The zero-order chi connectivity index (χ0) is 14.2. The maximum atomic E-state index is 6.07. The second-order valence-corrected chi connectivity index (χ2v) is 6.74. The Labute approximate surface area is 126 Å². The van der Waals surface area contributed by atoms with Crippen LogP contribution in [-0.2, 0) is 11.2 Å². The number of thiophene rings is 1. The Morgan fingerprint density at radius 2 is 2.20 bits per heavy atom. The molecule has 1 aliphatic carbocycles. The molecule has 3 nitrogen and oxygen atoms in total. The second-order valence-electron chi connectivity index (χ2n) is 5.71. The zero-order valence-corrected chi connectivity index (χ0v) is 13.3. The molecule has 3 N–H and O–H groups in total. The van der Waals surface area contributed by atoms with E-state index in [9.17, 15) is 0 Å². The van der Waals surface area contributed by atoms with Crippen LogP contribution < -0.4 is 11.3 Å². The van der Waals surface area contributed by atoms with Gasteiger partial charge in [-0.05, 0) is 50.0 Å². The molecule has 0 amide bonds. The fraction of sp³-hybridized carbons (Fsp3) is 0.750. The number of nitrogens with one attached hydrogen (secondary N) is 1. The van der Waals surface area contributed by atoms with Crippen molar-refractivity contribution in [3.63, 3.8) is 0 Å². The van der Waals surface area contributed by atoms with E-state index in [0.29, 0.717) is 5.92 Å². The third-order valence-corrected chi connectivity index (χ3v) is 5.30. The highest BCUT2D eigenvalue weighted by Crippen LogP contribution is 2.30. The summed E-state index contributed by atoms with van der Waals surface area (Å²) in [5, 5.41) is 2.14. The van der Waals surface area contributed by atoms with E-state index in [2.05, 4.69) is 29.9 Å². The minimum absolute atomic E-state index is 0.264. The number of hydrazine groups is 1. The van der Waals surface area contributed by atoms with Crippen molar-refractivity contribution in [2.45, 2.75) is 64.0 Å². The quantitative estimate of drug-likeness (QED) is 0.570. The van der Waals surface area contributed by atoms with Crippen LogP contribution in [0.5, 0.6) is 0 Å². The number of nitrogens with two attached hydrogens (primary N) is 1. The first-order chi connectivity index (χ1) is 9.85. The van der Waals surface area contributed by atoms with E-state index in [1.54, 1.807) is 0 Å². The summed E-state index contributed by atoms with van der Waals surface area (Å²) in [5.74, 6) is 6.50. The molecule has 1 heterocycles. The van der Waals surface area contributed by atoms with E-state index in [-0.39, 0.29) is 12.1 Å². The van der Waals surface area contributed by atoms with Gasteiger partial charge in [0.1, 0.15) is 0 Å². The molecule has 4 heteroatoms. The van der Waals surface area contributed by atoms with Gasteiger partial charge in [0.05, 0.1) is 6.10 Å². The van der Waals surface area contributed by atoms with Crippen LogP contribution in [0.25, 0.3) is 0 Å². The molecular formula is C16H28N2OS. The van der Waals surface area contributed by atoms with Gasteiger partial charge in [-0.25, -0.2) is 0 Å². The van der Waals surface area contributed by atoms with Crippen LogP contribution in [0, 0.1) is 5.92 Å². The Kier molecular flexibility index (Phi) is 7.00. The Morgan fingerprint density at radius 1 is 1.40 bits per heavy atom. The number of aryl methyl sites for hydroxylation is 1. The summed E-state index contributed by atoms with van der Waals surface area (Å²) < 4.78 is 6.07. The van der Waals surface area contributed by atoms with E-state index in [1.807, 2.05) is 11.3 Å². The average molecular weight is 296 g/mol. The molecule has 0 aliphatic heterocycles. The van der Waals surface area contributed by atoms with Crippen molar-refractivity contribution in [3.8, 4) is 0 Å². The first kappa shape index (κ1) is 16.0. The lowest BCUT2D eigenvalue weighted by Crippen LogP contribution is -2.49.